The molecule has 1 aromatic carbocycles. The summed E-state index contributed by atoms with van der Waals surface area (Å²) in [5.41, 5.74) is 1.67. The van der Waals surface area contributed by atoms with Crippen LogP contribution in [-0.2, 0) is 9.53 Å². The van der Waals surface area contributed by atoms with Gasteiger partial charge in [0.25, 0.3) is 0 Å². The predicted octanol–water partition coefficient (Wildman–Crippen LogP) is 7.50. The van der Waals surface area contributed by atoms with Crippen LogP contribution in [0, 0.1) is 0 Å². The summed E-state index contributed by atoms with van der Waals surface area (Å²) in [6.07, 6.45) is 10.3. The highest BCUT2D eigenvalue weighted by molar-refractivity contribution is 7.98. The molecule has 0 amide bonds. The number of ether oxygens (including phenoxy) is 1. The first-order valence-corrected chi connectivity index (χ1v) is 10.6. The summed E-state index contributed by atoms with van der Waals surface area (Å²) in [5, 5.41) is 0.589. The van der Waals surface area contributed by atoms with E-state index >= 15 is 0 Å². The van der Waals surface area contributed by atoms with Gasteiger partial charge >= 0.3 is 0 Å². The lowest BCUT2D eigenvalue weighted by atomic mass is 10.0. The van der Waals surface area contributed by atoms with E-state index in [0.29, 0.717) is 10.8 Å². The molecular weight excluding hydrogens is 376 g/mol. The molecule has 0 radical (unpaired) electrons. The molecule has 0 aromatic heterocycles. The van der Waals surface area contributed by atoms with Crippen molar-refractivity contribution in [3.63, 3.8) is 0 Å². The quantitative estimate of drug-likeness (QED) is 0.193. The van der Waals surface area contributed by atoms with Crippen LogP contribution in [0.25, 0.3) is 5.76 Å². The molecule has 2 nitrogen and oxygen atoms in total. The molecule has 0 spiro atoms. The largest absolute Gasteiger partial charge is 0.479 e. The lowest BCUT2D eigenvalue weighted by Gasteiger charge is -2.25. The Morgan fingerprint density at radius 3 is 2.37 bits per heavy atom. The van der Waals surface area contributed by atoms with Gasteiger partial charge in [0.1, 0.15) is 5.76 Å². The molecule has 0 aliphatic carbocycles. The van der Waals surface area contributed by atoms with Crippen LogP contribution >= 0.6 is 23.4 Å². The number of aldehydes is 1. The number of halogens is 1. The number of carbonyl (C=O) groups is 1. The summed E-state index contributed by atoms with van der Waals surface area (Å²) in [7, 11) is 0. The maximum Gasteiger partial charge on any atom is 0.162 e. The lowest BCUT2D eigenvalue weighted by molar-refractivity contribution is -0.120. The smallest absolute Gasteiger partial charge is 0.162 e. The molecule has 0 fully saturated rings. The lowest BCUT2D eigenvalue weighted by Crippen LogP contribution is -2.26. The normalized spacial score (nSPS) is 12.8. The van der Waals surface area contributed by atoms with E-state index in [1.807, 2.05) is 70.4 Å². The highest BCUT2D eigenvalue weighted by Crippen LogP contribution is 2.35. The second kappa shape index (κ2) is 12.6. The first kappa shape index (κ1) is 25.3. The van der Waals surface area contributed by atoms with Crippen molar-refractivity contribution in [3.8, 4) is 0 Å². The molecule has 0 aliphatic rings. The minimum Gasteiger partial charge on any atom is -0.479 e. The summed E-state index contributed by atoms with van der Waals surface area (Å²) in [5.74, 6) is 0.594. The van der Waals surface area contributed by atoms with Crippen molar-refractivity contribution >= 4 is 35.4 Å². The molecule has 148 valence electrons. The van der Waals surface area contributed by atoms with Gasteiger partial charge in [0, 0.05) is 10.5 Å². The second-order valence-corrected chi connectivity index (χ2v) is 7.25. The summed E-state index contributed by atoms with van der Waals surface area (Å²) in [6.45, 7) is 15.1. The van der Waals surface area contributed by atoms with E-state index in [9.17, 15) is 4.79 Å². The standard InChI is InChI=1S/C21H25ClO2S.C2H6/c1-7-9-10-16(8-2)15(3)20(24-21(4,5)14-23)18-12-11-17(25-6)13-19(18)22;1-2/h7-14H,1H2,2-6H3;1-2H3/b10-9-,16-8+,20-15+;. The van der Waals surface area contributed by atoms with Crippen LogP contribution in [0.3, 0.4) is 0 Å². The summed E-state index contributed by atoms with van der Waals surface area (Å²) < 4.78 is 6.07. The van der Waals surface area contributed by atoms with Crippen LogP contribution in [0.1, 0.15) is 47.1 Å². The highest BCUT2D eigenvalue weighted by Gasteiger charge is 2.24. The Balaban J connectivity index is 0.00000326. The maximum atomic E-state index is 11.4. The Hall–Kier alpha value is -1.71. The average Bonchev–Trinajstić information content (AvgIpc) is 2.68. The molecular formula is C23H31ClO2S. The van der Waals surface area contributed by atoms with Gasteiger partial charge < -0.3 is 4.74 Å². The zero-order valence-electron chi connectivity index (χ0n) is 17.4. The van der Waals surface area contributed by atoms with Crippen molar-refractivity contribution in [1.29, 1.82) is 0 Å². The van der Waals surface area contributed by atoms with Gasteiger partial charge in [-0.1, -0.05) is 56.3 Å². The first-order chi connectivity index (χ1) is 12.8. The zero-order chi connectivity index (χ0) is 21.0. The number of allylic oxidation sites excluding steroid dienone is 6. The fourth-order valence-corrected chi connectivity index (χ4v) is 2.94. The second-order valence-electron chi connectivity index (χ2n) is 5.96. The van der Waals surface area contributed by atoms with Gasteiger partial charge in [0.2, 0.25) is 0 Å². The van der Waals surface area contributed by atoms with Gasteiger partial charge in [-0.3, -0.25) is 4.79 Å². The molecule has 0 heterocycles. The predicted molar refractivity (Wildman–Crippen MR) is 121 cm³/mol. The van der Waals surface area contributed by atoms with Gasteiger partial charge in [-0.25, -0.2) is 0 Å². The third-order valence-corrected chi connectivity index (χ3v) is 4.60. The minimum absolute atomic E-state index is 0.589. The van der Waals surface area contributed by atoms with Gasteiger partial charge in [0.15, 0.2) is 11.9 Å². The Kier molecular flexibility index (Phi) is 11.8. The Morgan fingerprint density at radius 1 is 1.30 bits per heavy atom. The van der Waals surface area contributed by atoms with Crippen molar-refractivity contribution in [2.45, 2.75) is 52.0 Å². The van der Waals surface area contributed by atoms with Crippen LogP contribution in [0.5, 0.6) is 0 Å². The molecule has 1 aromatic rings. The Morgan fingerprint density at radius 2 is 1.93 bits per heavy atom. The van der Waals surface area contributed by atoms with Crippen molar-refractivity contribution in [3.05, 3.63) is 70.8 Å². The van der Waals surface area contributed by atoms with Crippen molar-refractivity contribution in [2.24, 2.45) is 0 Å². The number of thioether (sulfide) groups is 1. The third-order valence-electron chi connectivity index (χ3n) is 3.57. The monoisotopic (exact) mass is 406 g/mol. The molecule has 0 unspecified atom stereocenters. The molecule has 0 bridgehead atoms. The minimum atomic E-state index is -0.959. The summed E-state index contributed by atoms with van der Waals surface area (Å²) in [6, 6.07) is 5.82. The number of hydrogen-bond donors (Lipinski definition) is 0. The van der Waals surface area contributed by atoms with E-state index in [2.05, 4.69) is 6.58 Å². The van der Waals surface area contributed by atoms with E-state index in [1.165, 1.54) is 0 Å². The number of hydrogen-bond acceptors (Lipinski definition) is 3. The maximum absolute atomic E-state index is 11.4. The summed E-state index contributed by atoms with van der Waals surface area (Å²) >= 11 is 8.12. The number of carbonyl (C=O) groups excluding carboxylic acids is 1. The van der Waals surface area contributed by atoms with Gasteiger partial charge in [-0.15, -0.1) is 11.8 Å². The molecule has 0 atom stereocenters. The topological polar surface area (TPSA) is 26.3 Å². The number of rotatable bonds is 8. The Bertz CT molecular complexity index is 728. The molecule has 0 saturated carbocycles. The molecule has 27 heavy (non-hydrogen) atoms. The van der Waals surface area contributed by atoms with Crippen LogP contribution in [0.4, 0.5) is 0 Å². The highest BCUT2D eigenvalue weighted by atomic mass is 35.5. The van der Waals surface area contributed by atoms with E-state index in [4.69, 9.17) is 16.3 Å². The van der Waals surface area contributed by atoms with Crippen LogP contribution in [-0.4, -0.2) is 18.1 Å². The molecule has 0 saturated heterocycles. The molecule has 1 rings (SSSR count). The summed E-state index contributed by atoms with van der Waals surface area (Å²) in [4.78, 5) is 12.5. The van der Waals surface area contributed by atoms with E-state index < -0.39 is 5.60 Å². The molecule has 4 heteroatoms. The number of benzene rings is 1. The first-order valence-electron chi connectivity index (χ1n) is 8.95. The van der Waals surface area contributed by atoms with Gasteiger partial charge in [-0.2, -0.15) is 0 Å². The van der Waals surface area contributed by atoms with Crippen molar-refractivity contribution in [1.82, 2.24) is 0 Å². The SMILES string of the molecule is C=C\C=C/C(=C\C)C(/C)=C(/OC(C)(C)C=O)c1ccc(SC)cc1Cl.CC. The zero-order valence-corrected chi connectivity index (χ0v) is 19.0. The van der Waals surface area contributed by atoms with Crippen molar-refractivity contribution in [2.75, 3.05) is 6.26 Å². The average molecular weight is 407 g/mol. The van der Waals surface area contributed by atoms with E-state index in [-0.39, 0.29) is 0 Å². The molecule has 0 aliphatic heterocycles. The fraction of sp³-hybridized carbons (Fsp3) is 0.348. The van der Waals surface area contributed by atoms with Crippen LogP contribution in [0.2, 0.25) is 5.02 Å². The van der Waals surface area contributed by atoms with Crippen molar-refractivity contribution < 1.29 is 9.53 Å². The van der Waals surface area contributed by atoms with Crippen LogP contribution < -0.4 is 0 Å². The van der Waals surface area contributed by atoms with Gasteiger partial charge in [0.05, 0.1) is 5.02 Å². The fourth-order valence-electron chi connectivity index (χ4n) is 2.17. The Labute approximate surface area is 174 Å². The third kappa shape index (κ3) is 7.82. The van der Waals surface area contributed by atoms with E-state index in [1.54, 1.807) is 31.7 Å². The van der Waals surface area contributed by atoms with E-state index in [0.717, 1.165) is 27.9 Å². The van der Waals surface area contributed by atoms with Gasteiger partial charge in [-0.05, 0) is 63.3 Å². The molecule has 0 N–H and O–H groups in total. The van der Waals surface area contributed by atoms with Crippen LogP contribution in [0.15, 0.2) is 65.1 Å².